The summed E-state index contributed by atoms with van der Waals surface area (Å²) in [6.07, 6.45) is -4.24. The molecule has 1 saturated heterocycles. The van der Waals surface area contributed by atoms with Gasteiger partial charge in [-0.15, -0.1) is 10.2 Å². The largest absolute Gasteiger partial charge is 0.491 e. The number of likely N-dealkylation sites (tertiary alicyclic amines) is 1. The molecule has 13 heteroatoms. The highest BCUT2D eigenvalue weighted by atomic mass is 19.4. The van der Waals surface area contributed by atoms with E-state index in [1.807, 2.05) is 18.2 Å². The zero-order valence-corrected chi connectivity index (χ0v) is 21.3. The Hall–Kier alpha value is -3.97. The summed E-state index contributed by atoms with van der Waals surface area (Å²) in [5.74, 6) is 0.903. The molecule has 3 aromatic heterocycles. The van der Waals surface area contributed by atoms with Gasteiger partial charge in [-0.1, -0.05) is 12.1 Å². The van der Waals surface area contributed by atoms with Crippen LogP contribution in [0.4, 0.5) is 18.0 Å². The third kappa shape index (κ3) is 5.59. The number of hydrogen-bond donors (Lipinski definition) is 2. The second kappa shape index (κ2) is 10.3. The summed E-state index contributed by atoms with van der Waals surface area (Å²) in [6.45, 7) is 2.41. The Morgan fingerprint density at radius 1 is 1.18 bits per heavy atom. The summed E-state index contributed by atoms with van der Waals surface area (Å²) in [4.78, 5) is 17.1. The maximum Gasteiger partial charge on any atom is 0.408 e. The molecule has 5 rings (SSSR count). The third-order valence-corrected chi connectivity index (χ3v) is 6.78. The maximum absolute atomic E-state index is 14.4. The molecule has 0 radical (unpaired) electrons. The molecule has 1 fully saturated rings. The van der Waals surface area contributed by atoms with E-state index in [-0.39, 0.29) is 25.1 Å². The number of methoxy groups -OCH3 is 1. The van der Waals surface area contributed by atoms with Gasteiger partial charge in [-0.25, -0.2) is 9.78 Å². The highest BCUT2D eigenvalue weighted by Crippen LogP contribution is 2.41. The molecule has 1 aliphatic rings. The predicted molar refractivity (Wildman–Crippen MR) is 136 cm³/mol. The molecule has 0 spiro atoms. The number of alkyl halides is 3. The fourth-order valence-corrected chi connectivity index (χ4v) is 4.98. The lowest BCUT2D eigenvalue weighted by Crippen LogP contribution is -2.48. The first-order valence-electron chi connectivity index (χ1n) is 12.3. The number of aromatic nitrogens is 4. The fraction of sp³-hybridized carbons (Fsp3) is 0.385. The molecule has 0 bridgehead atoms. The van der Waals surface area contributed by atoms with Crippen LogP contribution in [-0.2, 0) is 4.74 Å². The van der Waals surface area contributed by atoms with Gasteiger partial charge in [-0.2, -0.15) is 13.2 Å². The lowest BCUT2D eigenvalue weighted by atomic mass is 10.0. The number of carboxylic acid groups (broad SMARTS) is 1. The number of rotatable bonds is 8. The van der Waals surface area contributed by atoms with Gasteiger partial charge >= 0.3 is 12.3 Å². The highest BCUT2D eigenvalue weighted by Gasteiger charge is 2.49. The van der Waals surface area contributed by atoms with Crippen LogP contribution in [0.3, 0.4) is 0 Å². The SMILES string of the molecule is COCCOc1ccc2ccc(-c3nnc4ccc([C@H](N5CCC(C)(NC(=O)O)C5)C(F)(F)F)cn34)nc2c1. The predicted octanol–water partition coefficient (Wildman–Crippen LogP) is 4.31. The Labute approximate surface area is 221 Å². The smallest absolute Gasteiger partial charge is 0.408 e. The average Bonchev–Trinajstić information content (AvgIpc) is 3.45. The number of hydrogen-bond acceptors (Lipinski definition) is 7. The van der Waals surface area contributed by atoms with Crippen molar-refractivity contribution in [2.45, 2.75) is 31.1 Å². The lowest BCUT2D eigenvalue weighted by Gasteiger charge is -2.32. The van der Waals surface area contributed by atoms with Crippen molar-refractivity contribution in [1.29, 1.82) is 0 Å². The summed E-state index contributed by atoms with van der Waals surface area (Å²) in [5, 5.41) is 20.7. The molecule has 4 aromatic rings. The molecule has 10 nitrogen and oxygen atoms in total. The standard InChI is InChI=1S/C26H27F3N6O4/c1-25(31-24(36)37)9-10-34(15-25)22(26(27,28)29)17-5-8-21-32-33-23(35(21)14-17)19-7-4-16-3-6-18(13-20(16)30-19)39-12-11-38-2/h3-8,13-14,22,31H,9-12,15H2,1-2H3,(H,36,37)/t22-,25?/m0/s1. The van der Waals surface area contributed by atoms with Crippen LogP contribution in [0.2, 0.25) is 0 Å². The first kappa shape index (κ1) is 26.6. The van der Waals surface area contributed by atoms with Crippen molar-refractivity contribution in [3.8, 4) is 17.3 Å². The van der Waals surface area contributed by atoms with Gasteiger partial charge in [0.05, 0.1) is 17.7 Å². The van der Waals surface area contributed by atoms with Crippen LogP contribution >= 0.6 is 0 Å². The Bertz CT molecular complexity index is 1510. The van der Waals surface area contributed by atoms with Gasteiger partial charge in [0.15, 0.2) is 11.5 Å². The fourth-order valence-electron chi connectivity index (χ4n) is 4.98. The summed E-state index contributed by atoms with van der Waals surface area (Å²) >= 11 is 0. The van der Waals surface area contributed by atoms with Crippen LogP contribution < -0.4 is 10.1 Å². The summed E-state index contributed by atoms with van der Waals surface area (Å²) in [5.41, 5.74) is 0.440. The third-order valence-electron chi connectivity index (χ3n) is 6.78. The Kier molecular flexibility index (Phi) is 7.03. The molecule has 206 valence electrons. The highest BCUT2D eigenvalue weighted by molar-refractivity contribution is 5.82. The van der Waals surface area contributed by atoms with Crippen LogP contribution in [0, 0.1) is 0 Å². The zero-order chi connectivity index (χ0) is 27.8. The van der Waals surface area contributed by atoms with Crippen molar-refractivity contribution in [2.24, 2.45) is 0 Å². The molecule has 0 aliphatic carbocycles. The Morgan fingerprint density at radius 3 is 2.72 bits per heavy atom. The second-order valence-corrected chi connectivity index (χ2v) is 9.76. The molecular weight excluding hydrogens is 517 g/mol. The van der Waals surface area contributed by atoms with Crippen molar-refractivity contribution in [2.75, 3.05) is 33.4 Å². The summed E-state index contributed by atoms with van der Waals surface area (Å²) < 4.78 is 55.3. The molecule has 2 atom stereocenters. The number of nitrogens with one attached hydrogen (secondary N) is 1. The van der Waals surface area contributed by atoms with E-state index >= 15 is 0 Å². The van der Waals surface area contributed by atoms with Crippen LogP contribution in [0.1, 0.15) is 24.9 Å². The van der Waals surface area contributed by atoms with Gasteiger partial charge in [0.1, 0.15) is 24.1 Å². The number of halogens is 3. The molecular formula is C26H27F3N6O4. The lowest BCUT2D eigenvalue weighted by molar-refractivity contribution is -0.184. The molecule has 1 aliphatic heterocycles. The van der Waals surface area contributed by atoms with E-state index in [2.05, 4.69) is 20.5 Å². The number of carbonyl (C=O) groups is 1. The number of benzene rings is 1. The first-order valence-corrected chi connectivity index (χ1v) is 12.3. The molecule has 1 unspecified atom stereocenters. The van der Waals surface area contributed by atoms with E-state index in [4.69, 9.17) is 14.6 Å². The van der Waals surface area contributed by atoms with E-state index in [9.17, 15) is 18.0 Å². The minimum atomic E-state index is -4.60. The average molecular weight is 545 g/mol. The first-order chi connectivity index (χ1) is 18.6. The number of fused-ring (bicyclic) bond motifs is 2. The maximum atomic E-state index is 14.4. The molecule has 4 heterocycles. The summed E-state index contributed by atoms with van der Waals surface area (Å²) in [7, 11) is 1.58. The van der Waals surface area contributed by atoms with Crippen molar-refractivity contribution in [3.05, 3.63) is 54.2 Å². The van der Waals surface area contributed by atoms with Crippen molar-refractivity contribution < 1.29 is 32.5 Å². The van der Waals surface area contributed by atoms with E-state index in [1.165, 1.54) is 27.6 Å². The molecule has 2 N–H and O–H groups in total. The topological polar surface area (TPSA) is 114 Å². The zero-order valence-electron chi connectivity index (χ0n) is 21.3. The van der Waals surface area contributed by atoms with Gasteiger partial charge < -0.3 is 19.9 Å². The number of nitrogens with zero attached hydrogens (tertiary/aromatic N) is 5. The van der Waals surface area contributed by atoms with Gasteiger partial charge in [0.25, 0.3) is 0 Å². The van der Waals surface area contributed by atoms with Crippen LogP contribution in [0.5, 0.6) is 5.75 Å². The number of ether oxygens (including phenoxy) is 2. The van der Waals surface area contributed by atoms with Gasteiger partial charge in [-0.05, 0) is 43.2 Å². The second-order valence-electron chi connectivity index (χ2n) is 9.76. The monoisotopic (exact) mass is 544 g/mol. The van der Waals surface area contributed by atoms with Gasteiger partial charge in [-0.3, -0.25) is 9.30 Å². The molecule has 1 aromatic carbocycles. The molecule has 1 amide bonds. The number of amides is 1. The Morgan fingerprint density at radius 2 is 1.97 bits per heavy atom. The van der Waals surface area contributed by atoms with E-state index in [1.54, 1.807) is 26.2 Å². The Balaban J connectivity index is 1.50. The quantitative estimate of drug-likeness (QED) is 0.316. The minimum Gasteiger partial charge on any atom is -0.491 e. The molecule has 39 heavy (non-hydrogen) atoms. The van der Waals surface area contributed by atoms with Crippen molar-refractivity contribution in [1.82, 2.24) is 29.8 Å². The van der Waals surface area contributed by atoms with Crippen LogP contribution in [0.15, 0.2) is 48.7 Å². The van der Waals surface area contributed by atoms with E-state index in [0.717, 1.165) is 5.39 Å². The molecule has 0 saturated carbocycles. The van der Waals surface area contributed by atoms with Crippen molar-refractivity contribution >= 4 is 22.6 Å². The minimum absolute atomic E-state index is 0.00903. The number of pyridine rings is 2. The van der Waals surface area contributed by atoms with Crippen LogP contribution in [-0.4, -0.2) is 80.8 Å². The van der Waals surface area contributed by atoms with E-state index in [0.29, 0.717) is 41.6 Å². The van der Waals surface area contributed by atoms with E-state index < -0.39 is 23.9 Å². The van der Waals surface area contributed by atoms with Gasteiger partial charge in [0, 0.05) is 37.8 Å². The van der Waals surface area contributed by atoms with Crippen molar-refractivity contribution in [3.63, 3.8) is 0 Å². The van der Waals surface area contributed by atoms with Gasteiger partial charge in [0.2, 0.25) is 0 Å². The summed E-state index contributed by atoms with van der Waals surface area (Å²) in [6, 6.07) is 9.98. The normalized spacial score (nSPS) is 19.0. The van der Waals surface area contributed by atoms with Crippen LogP contribution in [0.25, 0.3) is 28.1 Å².